The van der Waals surface area contributed by atoms with Crippen LogP contribution in [0.2, 0.25) is 5.02 Å². The molecule has 0 saturated heterocycles. The second-order valence-corrected chi connectivity index (χ2v) is 11.1. The number of imidazole rings is 1. The standard InChI is InChI=1S/C26H17ClF5N5O2S/c1-40(38,39)19-4-2-3-16(11-19)17-7-10-20(36-14-23(26(30,31)32)34-25(36)24(28)29)21(12-17)37-22(13-33-35-37)15-5-8-18(27)9-6-15/h2-14,24H,1H3. The number of alkyl halides is 5. The van der Waals surface area contributed by atoms with Crippen molar-refractivity contribution in [2.75, 3.05) is 6.26 Å². The van der Waals surface area contributed by atoms with Gasteiger partial charge in [0.1, 0.15) is 0 Å². The largest absolute Gasteiger partial charge is 0.434 e. The number of rotatable bonds is 6. The fourth-order valence-corrected chi connectivity index (χ4v) is 4.88. The van der Waals surface area contributed by atoms with Crippen molar-refractivity contribution in [2.24, 2.45) is 0 Å². The van der Waals surface area contributed by atoms with E-state index < -0.39 is 34.0 Å². The predicted molar refractivity (Wildman–Crippen MR) is 137 cm³/mol. The summed E-state index contributed by atoms with van der Waals surface area (Å²) in [7, 11) is -3.55. The molecule has 5 rings (SSSR count). The fraction of sp³-hybridized carbons (Fsp3) is 0.115. The molecule has 40 heavy (non-hydrogen) atoms. The monoisotopic (exact) mass is 593 g/mol. The Hall–Kier alpha value is -4.10. The van der Waals surface area contributed by atoms with E-state index in [0.717, 1.165) is 6.26 Å². The molecular formula is C26H17ClF5N5O2S. The molecule has 0 unspecified atom stereocenters. The first-order chi connectivity index (χ1) is 18.8. The lowest BCUT2D eigenvalue weighted by atomic mass is 10.0. The van der Waals surface area contributed by atoms with E-state index in [1.165, 1.54) is 47.3 Å². The highest BCUT2D eigenvalue weighted by atomic mass is 35.5. The third-order valence-electron chi connectivity index (χ3n) is 5.97. The van der Waals surface area contributed by atoms with E-state index in [1.807, 2.05) is 0 Å². The molecule has 0 bridgehead atoms. The van der Waals surface area contributed by atoms with E-state index in [2.05, 4.69) is 15.3 Å². The van der Waals surface area contributed by atoms with Gasteiger partial charge in [0.2, 0.25) is 0 Å². The molecule has 0 fully saturated rings. The Kier molecular flexibility index (Phi) is 6.96. The zero-order valence-corrected chi connectivity index (χ0v) is 21.9. The fourth-order valence-electron chi connectivity index (χ4n) is 4.09. The Morgan fingerprint density at radius 2 is 1.57 bits per heavy atom. The summed E-state index contributed by atoms with van der Waals surface area (Å²) in [5.74, 6) is -1.12. The number of hydrogen-bond donors (Lipinski definition) is 0. The Morgan fingerprint density at radius 1 is 0.900 bits per heavy atom. The number of benzene rings is 3. The minimum absolute atomic E-state index is 0.0441. The molecule has 14 heteroatoms. The number of sulfone groups is 1. The first-order valence-electron chi connectivity index (χ1n) is 11.4. The van der Waals surface area contributed by atoms with Crippen LogP contribution in [0.15, 0.2) is 84.0 Å². The molecule has 0 aliphatic rings. The van der Waals surface area contributed by atoms with Crippen molar-refractivity contribution in [1.29, 1.82) is 0 Å². The number of hydrogen-bond acceptors (Lipinski definition) is 5. The molecule has 3 aromatic carbocycles. The van der Waals surface area contributed by atoms with E-state index in [0.29, 0.717) is 38.2 Å². The van der Waals surface area contributed by atoms with Gasteiger partial charge in [-0.1, -0.05) is 47.1 Å². The minimum Gasteiger partial charge on any atom is -0.296 e. The number of nitrogens with zero attached hydrogens (tertiary/aromatic N) is 5. The summed E-state index contributed by atoms with van der Waals surface area (Å²) in [5.41, 5.74) is 0.362. The van der Waals surface area contributed by atoms with Crippen LogP contribution in [0.3, 0.4) is 0 Å². The maximum absolute atomic E-state index is 13.9. The van der Waals surface area contributed by atoms with Gasteiger partial charge in [0, 0.05) is 23.0 Å². The summed E-state index contributed by atoms with van der Waals surface area (Å²) >= 11 is 6.00. The van der Waals surface area contributed by atoms with Crippen molar-refractivity contribution in [3.8, 4) is 33.8 Å². The van der Waals surface area contributed by atoms with Crippen molar-refractivity contribution >= 4 is 21.4 Å². The molecule has 0 atom stereocenters. The molecule has 0 aliphatic carbocycles. The summed E-state index contributed by atoms with van der Waals surface area (Å²) in [6.45, 7) is 0. The van der Waals surface area contributed by atoms with Gasteiger partial charge in [0.05, 0.1) is 28.2 Å². The highest BCUT2D eigenvalue weighted by Gasteiger charge is 2.36. The first kappa shape index (κ1) is 27.5. The normalized spacial score (nSPS) is 12.3. The Balaban J connectivity index is 1.78. The molecule has 0 radical (unpaired) electrons. The van der Waals surface area contributed by atoms with Crippen LogP contribution < -0.4 is 0 Å². The van der Waals surface area contributed by atoms with Crippen molar-refractivity contribution in [2.45, 2.75) is 17.5 Å². The SMILES string of the molecule is CS(=O)(=O)c1cccc(-c2ccc(-n3cc(C(F)(F)F)nc3C(F)F)c(-n3nncc3-c3ccc(Cl)cc3)c2)c1. The summed E-state index contributed by atoms with van der Waals surface area (Å²) in [5, 5.41) is 8.47. The van der Waals surface area contributed by atoms with Gasteiger partial charge < -0.3 is 0 Å². The van der Waals surface area contributed by atoms with Crippen molar-refractivity contribution < 1.29 is 30.4 Å². The second-order valence-electron chi connectivity index (χ2n) is 8.69. The Bertz CT molecular complexity index is 1820. The summed E-state index contributed by atoms with van der Waals surface area (Å²) in [6.07, 6.45) is -5.36. The van der Waals surface area contributed by atoms with Crippen LogP contribution in [-0.2, 0) is 16.0 Å². The van der Waals surface area contributed by atoms with Gasteiger partial charge in [-0.3, -0.25) is 4.57 Å². The van der Waals surface area contributed by atoms with Crippen molar-refractivity contribution in [1.82, 2.24) is 24.5 Å². The smallest absolute Gasteiger partial charge is 0.296 e. The summed E-state index contributed by atoms with van der Waals surface area (Å²) < 4.78 is 94.4. The third kappa shape index (κ3) is 5.34. The van der Waals surface area contributed by atoms with E-state index in [-0.39, 0.29) is 16.3 Å². The summed E-state index contributed by atoms with van der Waals surface area (Å²) in [4.78, 5) is 3.19. The maximum Gasteiger partial charge on any atom is 0.434 e. The molecule has 2 aromatic heterocycles. The first-order valence-corrected chi connectivity index (χ1v) is 13.7. The van der Waals surface area contributed by atoms with Crippen LogP contribution in [-0.4, -0.2) is 39.2 Å². The molecular weight excluding hydrogens is 577 g/mol. The molecule has 7 nitrogen and oxygen atoms in total. The molecule has 206 valence electrons. The molecule has 0 N–H and O–H groups in total. The van der Waals surface area contributed by atoms with Crippen LogP contribution in [0.25, 0.3) is 33.8 Å². The molecule has 2 heterocycles. The number of aromatic nitrogens is 5. The van der Waals surface area contributed by atoms with E-state index in [4.69, 9.17) is 11.6 Å². The predicted octanol–water partition coefficient (Wildman–Crippen LogP) is 6.80. The number of halogens is 6. The maximum atomic E-state index is 13.9. The average molecular weight is 594 g/mol. The zero-order chi connectivity index (χ0) is 28.8. The van der Waals surface area contributed by atoms with Crippen LogP contribution in [0.5, 0.6) is 0 Å². The van der Waals surface area contributed by atoms with Crippen LogP contribution >= 0.6 is 11.6 Å². The Morgan fingerprint density at radius 3 is 2.23 bits per heavy atom. The van der Waals surface area contributed by atoms with Crippen molar-refractivity contribution in [3.63, 3.8) is 0 Å². The highest BCUT2D eigenvalue weighted by Crippen LogP contribution is 2.36. The second kappa shape index (κ2) is 10.1. The third-order valence-corrected chi connectivity index (χ3v) is 7.33. The topological polar surface area (TPSA) is 82.7 Å². The molecule has 0 amide bonds. The van der Waals surface area contributed by atoms with Gasteiger partial charge in [0.25, 0.3) is 6.43 Å². The van der Waals surface area contributed by atoms with Gasteiger partial charge in [-0.2, -0.15) is 13.2 Å². The van der Waals surface area contributed by atoms with Crippen LogP contribution in [0.4, 0.5) is 22.0 Å². The average Bonchev–Trinajstić information content (AvgIpc) is 3.57. The lowest BCUT2D eigenvalue weighted by molar-refractivity contribution is -0.141. The van der Waals surface area contributed by atoms with E-state index in [1.54, 1.807) is 30.3 Å². The van der Waals surface area contributed by atoms with E-state index >= 15 is 0 Å². The quantitative estimate of drug-likeness (QED) is 0.202. The highest BCUT2D eigenvalue weighted by molar-refractivity contribution is 7.90. The zero-order valence-electron chi connectivity index (χ0n) is 20.3. The van der Waals surface area contributed by atoms with Gasteiger partial charge >= 0.3 is 6.18 Å². The summed E-state index contributed by atoms with van der Waals surface area (Å²) in [6, 6.07) is 16.9. The van der Waals surface area contributed by atoms with Crippen LogP contribution in [0.1, 0.15) is 17.9 Å². The Labute approximate surface area is 229 Å². The lowest BCUT2D eigenvalue weighted by Crippen LogP contribution is -2.09. The molecule has 0 aliphatic heterocycles. The van der Waals surface area contributed by atoms with Gasteiger partial charge in [-0.15, -0.1) is 5.10 Å². The van der Waals surface area contributed by atoms with Gasteiger partial charge in [-0.05, 0) is 47.5 Å². The van der Waals surface area contributed by atoms with Crippen LogP contribution in [0, 0.1) is 0 Å². The van der Waals surface area contributed by atoms with Gasteiger partial charge in [0.15, 0.2) is 21.4 Å². The lowest BCUT2D eigenvalue weighted by Gasteiger charge is -2.16. The molecule has 0 saturated carbocycles. The van der Waals surface area contributed by atoms with Gasteiger partial charge in [-0.25, -0.2) is 26.9 Å². The molecule has 5 aromatic rings. The van der Waals surface area contributed by atoms with Crippen molar-refractivity contribution in [3.05, 3.63) is 95.7 Å². The molecule has 0 spiro atoms. The van der Waals surface area contributed by atoms with E-state index in [9.17, 15) is 30.4 Å². The minimum atomic E-state index is -4.97.